The minimum absolute atomic E-state index is 0.00808. The smallest absolute Gasteiger partial charge is 0.334 e. The van der Waals surface area contributed by atoms with E-state index in [1.165, 1.54) is 0 Å². The van der Waals surface area contributed by atoms with Crippen LogP contribution in [0, 0.1) is 17.3 Å². The molecule has 0 bridgehead atoms. The molecular weight excluding hydrogens is 336 g/mol. The maximum absolute atomic E-state index is 12.1. The Bertz CT molecular complexity index is 819. The lowest BCUT2D eigenvalue weighted by molar-refractivity contribution is -0.136. The number of rotatable bonds is 1. The van der Waals surface area contributed by atoms with Gasteiger partial charge in [-0.15, -0.1) is 0 Å². The molecule has 26 heavy (non-hydrogen) atoms. The van der Waals surface area contributed by atoms with E-state index in [0.29, 0.717) is 6.61 Å². The molecule has 0 amide bonds. The van der Waals surface area contributed by atoms with Gasteiger partial charge in [0.05, 0.1) is 6.10 Å². The minimum Gasteiger partial charge on any atom is -0.458 e. The number of fused-ring (bicyclic) bond motifs is 4. The molecule has 140 valence electrons. The van der Waals surface area contributed by atoms with Crippen LogP contribution in [0.25, 0.3) is 0 Å². The summed E-state index contributed by atoms with van der Waals surface area (Å²) >= 11 is 0. The molecule has 0 aromatic heterocycles. The van der Waals surface area contributed by atoms with Crippen molar-refractivity contribution in [2.45, 2.75) is 81.3 Å². The highest BCUT2D eigenvalue weighted by Gasteiger charge is 3.00. The summed E-state index contributed by atoms with van der Waals surface area (Å²) in [6.45, 7) is 6.91. The van der Waals surface area contributed by atoms with E-state index in [2.05, 4.69) is 20.8 Å². The van der Waals surface area contributed by atoms with Crippen LogP contribution in [0.4, 0.5) is 0 Å². The molecule has 3 aliphatic carbocycles. The lowest BCUT2D eigenvalue weighted by Gasteiger charge is -2.53. The van der Waals surface area contributed by atoms with Gasteiger partial charge in [-0.2, -0.15) is 0 Å². The largest absolute Gasteiger partial charge is 0.458 e. The van der Waals surface area contributed by atoms with Gasteiger partial charge >= 0.3 is 5.97 Å². The normalized spacial score (nSPS) is 63.1. The third kappa shape index (κ3) is 1.14. The van der Waals surface area contributed by atoms with Crippen LogP contribution in [0.2, 0.25) is 0 Å². The zero-order valence-electron chi connectivity index (χ0n) is 15.3. The predicted octanol–water partition coefficient (Wildman–Crippen LogP) is 1.10. The second-order valence-corrected chi connectivity index (χ2v) is 9.91. The van der Waals surface area contributed by atoms with Crippen molar-refractivity contribution in [3.8, 4) is 0 Å². The number of aliphatic hydroxyl groups is 1. The van der Waals surface area contributed by atoms with Crippen LogP contribution in [0.5, 0.6) is 0 Å². The summed E-state index contributed by atoms with van der Waals surface area (Å²) in [6, 6.07) is 0. The molecule has 7 aliphatic rings. The molecule has 1 N–H and O–H groups in total. The van der Waals surface area contributed by atoms with Crippen LogP contribution in [0.3, 0.4) is 0 Å². The quantitative estimate of drug-likeness (QED) is 0.557. The number of carbonyl (C=O) groups is 1. The average molecular weight is 360 g/mol. The molecule has 0 aromatic carbocycles. The van der Waals surface area contributed by atoms with E-state index < -0.39 is 22.9 Å². The molecule has 2 saturated carbocycles. The minimum atomic E-state index is -0.654. The Morgan fingerprint density at radius 1 is 1.19 bits per heavy atom. The van der Waals surface area contributed by atoms with Crippen molar-refractivity contribution in [2.24, 2.45) is 17.3 Å². The van der Waals surface area contributed by atoms with Gasteiger partial charge in [0.15, 0.2) is 5.60 Å². The Labute approximate surface area is 151 Å². The van der Waals surface area contributed by atoms with Crippen molar-refractivity contribution in [3.63, 3.8) is 0 Å². The molecule has 9 atom stereocenters. The Morgan fingerprint density at radius 3 is 2.77 bits per heavy atom. The highest BCUT2D eigenvalue weighted by molar-refractivity contribution is 5.92. The summed E-state index contributed by atoms with van der Waals surface area (Å²) in [5.41, 5.74) is 0.230. The van der Waals surface area contributed by atoms with Gasteiger partial charge in [0.2, 0.25) is 0 Å². The average Bonchev–Trinajstić information content (AvgIpc) is 3.47. The standard InChI is InChI=1S/C20H24O6/c1-8(2)18-13(25-18)14-20(26-14)17(3)5-4-9-10(7-23-15(9)21)11(17)6-12-19(20,24-12)16(18)22/h8,11-14,16,22H,4-7H2,1-3H3/t11-,12?,13?,14?,16?,17-,18-,19+,20+/m0/s1. The lowest BCUT2D eigenvalue weighted by Crippen LogP contribution is -2.69. The number of hydrogen-bond acceptors (Lipinski definition) is 6. The van der Waals surface area contributed by atoms with Crippen molar-refractivity contribution < 1.29 is 28.8 Å². The fraction of sp³-hybridized carbons (Fsp3) is 0.850. The zero-order valence-corrected chi connectivity index (χ0v) is 15.3. The molecule has 6 nitrogen and oxygen atoms in total. The van der Waals surface area contributed by atoms with Gasteiger partial charge in [0.25, 0.3) is 0 Å². The molecule has 4 aliphatic heterocycles. The van der Waals surface area contributed by atoms with Crippen molar-refractivity contribution in [3.05, 3.63) is 11.1 Å². The summed E-state index contributed by atoms with van der Waals surface area (Å²) in [5.74, 6) is 0.297. The Morgan fingerprint density at radius 2 is 2.00 bits per heavy atom. The highest BCUT2D eigenvalue weighted by Crippen LogP contribution is 2.82. The maximum atomic E-state index is 12.1. The van der Waals surface area contributed by atoms with Crippen LogP contribution in [0.15, 0.2) is 11.1 Å². The lowest BCUT2D eigenvalue weighted by atomic mass is 9.46. The van der Waals surface area contributed by atoms with Crippen LogP contribution < -0.4 is 0 Å². The Kier molecular flexibility index (Phi) is 2.19. The molecule has 5 fully saturated rings. The number of aliphatic hydroxyl groups excluding tert-OH is 1. The van der Waals surface area contributed by atoms with E-state index in [0.717, 1.165) is 30.4 Å². The van der Waals surface area contributed by atoms with Gasteiger partial charge in [-0.05, 0) is 36.7 Å². The summed E-state index contributed by atoms with van der Waals surface area (Å²) in [4.78, 5) is 12.1. The number of hydrogen-bond donors (Lipinski definition) is 1. The van der Waals surface area contributed by atoms with Crippen molar-refractivity contribution in [1.82, 2.24) is 0 Å². The van der Waals surface area contributed by atoms with E-state index >= 15 is 0 Å². The first-order chi connectivity index (χ1) is 12.3. The van der Waals surface area contributed by atoms with Gasteiger partial charge in [-0.3, -0.25) is 0 Å². The SMILES string of the molecule is CC(C)[C@]12OC1C1O[C@]13[C@]1(OC1C[C@H]1C4=C(CC[C@@]13C)C(=O)OC4)C2O. The summed E-state index contributed by atoms with van der Waals surface area (Å²) in [6.07, 6.45) is 1.71. The van der Waals surface area contributed by atoms with E-state index in [-0.39, 0.29) is 41.5 Å². The molecule has 4 heterocycles. The summed E-state index contributed by atoms with van der Waals surface area (Å²) in [5, 5.41) is 11.4. The van der Waals surface area contributed by atoms with E-state index in [9.17, 15) is 9.90 Å². The van der Waals surface area contributed by atoms with Gasteiger partial charge < -0.3 is 24.1 Å². The second kappa shape index (κ2) is 3.79. The molecule has 6 heteroatoms. The Hall–Kier alpha value is -0.950. The molecule has 0 radical (unpaired) electrons. The van der Waals surface area contributed by atoms with E-state index in [4.69, 9.17) is 18.9 Å². The predicted molar refractivity (Wildman–Crippen MR) is 87.1 cm³/mol. The number of epoxide rings is 3. The van der Waals surface area contributed by atoms with Crippen LogP contribution in [-0.2, 0) is 23.7 Å². The van der Waals surface area contributed by atoms with Gasteiger partial charge in [-0.25, -0.2) is 4.79 Å². The van der Waals surface area contributed by atoms with E-state index in [1.807, 2.05) is 0 Å². The third-order valence-electron chi connectivity index (χ3n) is 9.10. The van der Waals surface area contributed by atoms with Crippen LogP contribution >= 0.6 is 0 Å². The summed E-state index contributed by atoms with van der Waals surface area (Å²) in [7, 11) is 0. The molecule has 0 aromatic rings. The monoisotopic (exact) mass is 360 g/mol. The molecule has 7 rings (SSSR count). The van der Waals surface area contributed by atoms with Gasteiger partial charge in [0, 0.05) is 11.0 Å². The van der Waals surface area contributed by atoms with Crippen molar-refractivity contribution in [1.29, 1.82) is 0 Å². The first-order valence-corrected chi connectivity index (χ1v) is 9.95. The number of esters is 1. The fourth-order valence-corrected chi connectivity index (χ4v) is 7.70. The highest BCUT2D eigenvalue weighted by atomic mass is 16.7. The van der Waals surface area contributed by atoms with E-state index in [1.54, 1.807) is 0 Å². The number of cyclic esters (lactones) is 1. The van der Waals surface area contributed by atoms with Crippen LogP contribution in [-0.4, -0.2) is 58.9 Å². The molecule has 3 saturated heterocycles. The van der Waals surface area contributed by atoms with Gasteiger partial charge in [0.1, 0.15) is 36.1 Å². The van der Waals surface area contributed by atoms with Gasteiger partial charge in [-0.1, -0.05) is 20.8 Å². The zero-order chi connectivity index (χ0) is 17.9. The van der Waals surface area contributed by atoms with Crippen molar-refractivity contribution in [2.75, 3.05) is 6.61 Å². The van der Waals surface area contributed by atoms with Crippen molar-refractivity contribution >= 4 is 5.97 Å². The molecule has 2 spiro atoms. The van der Waals surface area contributed by atoms with Crippen LogP contribution in [0.1, 0.15) is 40.0 Å². The Balaban J connectivity index is 1.39. The fourth-order valence-electron chi connectivity index (χ4n) is 7.70. The second-order valence-electron chi connectivity index (χ2n) is 9.91. The molecular formula is C20H24O6. The molecule has 4 unspecified atom stereocenters. The topological polar surface area (TPSA) is 84.1 Å². The number of carbonyl (C=O) groups excluding carboxylic acids is 1. The number of ether oxygens (including phenoxy) is 4. The maximum Gasteiger partial charge on any atom is 0.334 e. The first-order valence-electron chi connectivity index (χ1n) is 9.95. The third-order valence-corrected chi connectivity index (χ3v) is 9.10. The summed E-state index contributed by atoms with van der Waals surface area (Å²) < 4.78 is 24.3. The first kappa shape index (κ1) is 15.0.